The Bertz CT molecular complexity index is 647. The Morgan fingerprint density at radius 1 is 1.36 bits per heavy atom. The zero-order valence-electron chi connectivity index (χ0n) is 14.6. The summed E-state index contributed by atoms with van der Waals surface area (Å²) < 4.78 is 16.9. The highest BCUT2D eigenvalue weighted by Crippen LogP contribution is 2.69. The molecule has 0 bridgehead atoms. The molecule has 2 heterocycles. The predicted octanol–water partition coefficient (Wildman–Crippen LogP) is 0.376. The lowest BCUT2D eigenvalue weighted by Crippen LogP contribution is -2.56. The molecule has 2 saturated heterocycles. The molecule has 2 aliphatic carbocycles. The van der Waals surface area contributed by atoms with Gasteiger partial charge in [0.2, 0.25) is 0 Å². The highest BCUT2D eigenvalue weighted by atomic mass is 35.5. The number of epoxide rings is 1. The molecule has 0 aromatic heterocycles. The normalized spacial score (nSPS) is 59.3. The number of hydrogen-bond acceptors (Lipinski definition) is 7. The van der Waals surface area contributed by atoms with Crippen molar-refractivity contribution in [3.05, 3.63) is 0 Å². The summed E-state index contributed by atoms with van der Waals surface area (Å²) in [5.74, 6) is -2.61. The van der Waals surface area contributed by atoms with E-state index in [1.807, 2.05) is 0 Å². The Hall–Kier alpha value is -0.890. The van der Waals surface area contributed by atoms with Gasteiger partial charge in [0.05, 0.1) is 28.4 Å². The summed E-state index contributed by atoms with van der Waals surface area (Å²) in [6.45, 7) is 6.19. The molecular weight excluding hydrogens is 352 g/mol. The van der Waals surface area contributed by atoms with Crippen LogP contribution in [0.4, 0.5) is 0 Å². The van der Waals surface area contributed by atoms with Gasteiger partial charge < -0.3 is 24.4 Å². The SMILES string of the molecule is CC(=O)O[C@H]1C[C@@](C)(O)[C@]23O[C@H]2[C@@H](Cl)[C@@](C)(O)[C@@H]3[C@H]2OC(=O)[C@@H](C)[C@H]21. The minimum Gasteiger partial charge on any atom is -0.462 e. The average molecular weight is 375 g/mol. The maximum atomic E-state index is 12.3. The maximum absolute atomic E-state index is 12.3. The molecule has 10 atom stereocenters. The van der Waals surface area contributed by atoms with Crippen LogP contribution in [0, 0.1) is 17.8 Å². The van der Waals surface area contributed by atoms with Gasteiger partial charge >= 0.3 is 11.9 Å². The fraction of sp³-hybridized carbons (Fsp3) is 0.882. The molecule has 0 aromatic rings. The Kier molecular flexibility index (Phi) is 3.42. The smallest absolute Gasteiger partial charge is 0.309 e. The fourth-order valence-electron chi connectivity index (χ4n) is 5.57. The van der Waals surface area contributed by atoms with Gasteiger partial charge in [0.1, 0.15) is 23.9 Å². The van der Waals surface area contributed by atoms with Crippen molar-refractivity contribution < 1.29 is 34.0 Å². The molecule has 0 radical (unpaired) electrons. The van der Waals surface area contributed by atoms with Gasteiger partial charge in [-0.2, -0.15) is 0 Å². The highest BCUT2D eigenvalue weighted by Gasteiger charge is 2.86. The van der Waals surface area contributed by atoms with Crippen molar-refractivity contribution >= 4 is 23.5 Å². The molecular formula is C17H23ClO7. The number of carbonyl (C=O) groups excluding carboxylic acids is 2. The van der Waals surface area contributed by atoms with Crippen molar-refractivity contribution in [2.75, 3.05) is 0 Å². The van der Waals surface area contributed by atoms with Crippen LogP contribution in [0.15, 0.2) is 0 Å². The quantitative estimate of drug-likeness (QED) is 0.388. The molecule has 0 unspecified atom stereocenters. The lowest BCUT2D eigenvalue weighted by Gasteiger charge is -2.40. The number of alkyl halides is 1. The summed E-state index contributed by atoms with van der Waals surface area (Å²) >= 11 is 6.42. The molecule has 0 amide bonds. The molecule has 2 N–H and O–H groups in total. The van der Waals surface area contributed by atoms with Crippen LogP contribution in [-0.2, 0) is 23.8 Å². The van der Waals surface area contributed by atoms with Gasteiger partial charge in [-0.25, -0.2) is 0 Å². The monoisotopic (exact) mass is 374 g/mol. The number of fused-ring (bicyclic) bond motifs is 2. The molecule has 2 saturated carbocycles. The average Bonchev–Trinajstić information content (AvgIpc) is 3.10. The van der Waals surface area contributed by atoms with E-state index in [9.17, 15) is 19.8 Å². The first kappa shape index (κ1) is 17.5. The van der Waals surface area contributed by atoms with E-state index in [1.165, 1.54) is 6.92 Å². The van der Waals surface area contributed by atoms with Crippen LogP contribution >= 0.6 is 11.6 Å². The topological polar surface area (TPSA) is 106 Å². The number of halogens is 1. The van der Waals surface area contributed by atoms with Crippen molar-refractivity contribution in [1.29, 1.82) is 0 Å². The van der Waals surface area contributed by atoms with E-state index in [0.717, 1.165) is 0 Å². The second-order valence-electron chi connectivity index (χ2n) is 8.33. The maximum Gasteiger partial charge on any atom is 0.309 e. The van der Waals surface area contributed by atoms with Crippen molar-refractivity contribution in [2.45, 2.75) is 74.6 Å². The zero-order valence-corrected chi connectivity index (χ0v) is 15.3. The van der Waals surface area contributed by atoms with Crippen LogP contribution < -0.4 is 0 Å². The third-order valence-corrected chi connectivity index (χ3v) is 7.37. The number of esters is 2. The zero-order chi connectivity index (χ0) is 18.5. The molecule has 2 aliphatic heterocycles. The van der Waals surface area contributed by atoms with Gasteiger partial charge in [0.25, 0.3) is 0 Å². The van der Waals surface area contributed by atoms with Gasteiger partial charge in [-0.15, -0.1) is 11.6 Å². The van der Waals surface area contributed by atoms with Gasteiger partial charge in [0, 0.05) is 19.3 Å². The molecule has 25 heavy (non-hydrogen) atoms. The van der Waals surface area contributed by atoms with E-state index in [-0.39, 0.29) is 6.42 Å². The fourth-order valence-corrected chi connectivity index (χ4v) is 5.94. The van der Waals surface area contributed by atoms with E-state index in [1.54, 1.807) is 20.8 Å². The molecule has 4 fully saturated rings. The van der Waals surface area contributed by atoms with Crippen molar-refractivity contribution in [3.63, 3.8) is 0 Å². The van der Waals surface area contributed by atoms with Gasteiger partial charge in [-0.3, -0.25) is 9.59 Å². The lowest BCUT2D eigenvalue weighted by molar-refractivity contribution is -0.161. The number of aliphatic hydroxyl groups is 2. The third kappa shape index (κ3) is 1.98. The summed E-state index contributed by atoms with van der Waals surface area (Å²) in [5.41, 5.74) is -3.91. The molecule has 7 nitrogen and oxygen atoms in total. The lowest BCUT2D eigenvalue weighted by atomic mass is 9.72. The van der Waals surface area contributed by atoms with Crippen LogP contribution in [0.5, 0.6) is 0 Å². The Labute approximate surface area is 150 Å². The van der Waals surface area contributed by atoms with E-state index in [0.29, 0.717) is 0 Å². The number of hydrogen-bond donors (Lipinski definition) is 2. The second kappa shape index (κ2) is 4.88. The van der Waals surface area contributed by atoms with Crippen molar-refractivity contribution in [1.82, 2.24) is 0 Å². The molecule has 0 aromatic carbocycles. The molecule has 1 spiro atoms. The third-order valence-electron chi connectivity index (χ3n) is 6.70. The molecule has 8 heteroatoms. The van der Waals surface area contributed by atoms with Gasteiger partial charge in [-0.1, -0.05) is 6.92 Å². The van der Waals surface area contributed by atoms with Crippen LogP contribution in [-0.4, -0.2) is 62.6 Å². The summed E-state index contributed by atoms with van der Waals surface area (Å²) in [4.78, 5) is 23.9. The Morgan fingerprint density at radius 2 is 2.00 bits per heavy atom. The van der Waals surface area contributed by atoms with Crippen LogP contribution in [0.25, 0.3) is 0 Å². The van der Waals surface area contributed by atoms with Gasteiger partial charge in [0.15, 0.2) is 0 Å². The molecule has 4 aliphatic rings. The van der Waals surface area contributed by atoms with E-state index in [4.69, 9.17) is 25.8 Å². The van der Waals surface area contributed by atoms with Crippen molar-refractivity contribution in [2.24, 2.45) is 17.8 Å². The van der Waals surface area contributed by atoms with E-state index in [2.05, 4.69) is 0 Å². The van der Waals surface area contributed by atoms with Crippen LogP contribution in [0.2, 0.25) is 0 Å². The van der Waals surface area contributed by atoms with E-state index >= 15 is 0 Å². The van der Waals surface area contributed by atoms with Gasteiger partial charge in [-0.05, 0) is 13.8 Å². The first-order valence-corrected chi connectivity index (χ1v) is 9.03. The summed E-state index contributed by atoms with van der Waals surface area (Å²) in [6, 6.07) is 0. The number of rotatable bonds is 1. The Morgan fingerprint density at radius 3 is 2.60 bits per heavy atom. The van der Waals surface area contributed by atoms with Crippen LogP contribution in [0.3, 0.4) is 0 Å². The predicted molar refractivity (Wildman–Crippen MR) is 84.7 cm³/mol. The first-order valence-electron chi connectivity index (χ1n) is 8.59. The first-order chi connectivity index (χ1) is 11.4. The summed E-state index contributed by atoms with van der Waals surface area (Å²) in [6.07, 6.45) is -1.92. The second-order valence-corrected chi connectivity index (χ2v) is 8.80. The minimum atomic E-state index is -1.40. The number of carbonyl (C=O) groups is 2. The standard InChI is InChI=1S/C17H23ClO7/c1-6-9-8(23-7(2)19)5-15(3,21)17-11(10(9)24-14(6)20)16(4,22)12(18)13(17)25-17/h6,8-13,21-22H,5H2,1-4H3/t6-,8-,9-,10-,11-,12+,13-,15+,16-,17+/m0/s1. The summed E-state index contributed by atoms with van der Waals surface area (Å²) in [5, 5.41) is 21.6. The Balaban J connectivity index is 1.85. The summed E-state index contributed by atoms with van der Waals surface area (Å²) in [7, 11) is 0. The molecule has 140 valence electrons. The molecule has 4 rings (SSSR count). The van der Waals surface area contributed by atoms with Crippen molar-refractivity contribution in [3.8, 4) is 0 Å². The highest BCUT2D eigenvalue weighted by molar-refractivity contribution is 6.22. The van der Waals surface area contributed by atoms with Crippen LogP contribution in [0.1, 0.15) is 34.1 Å². The number of ether oxygens (including phenoxy) is 3. The largest absolute Gasteiger partial charge is 0.462 e. The minimum absolute atomic E-state index is 0.0847. The van der Waals surface area contributed by atoms with E-state index < -0.39 is 70.2 Å².